The van der Waals surface area contributed by atoms with Crippen molar-refractivity contribution < 1.29 is 9.84 Å². The van der Waals surface area contributed by atoms with Gasteiger partial charge in [0.1, 0.15) is 5.69 Å². The van der Waals surface area contributed by atoms with Crippen LogP contribution in [0.2, 0.25) is 0 Å². The van der Waals surface area contributed by atoms with Crippen molar-refractivity contribution in [3.8, 4) is 5.88 Å². The lowest BCUT2D eigenvalue weighted by Gasteiger charge is -2.21. The molecule has 112 valence electrons. The van der Waals surface area contributed by atoms with Crippen molar-refractivity contribution in [2.24, 2.45) is 0 Å². The van der Waals surface area contributed by atoms with Crippen LogP contribution >= 0.6 is 11.7 Å². The summed E-state index contributed by atoms with van der Waals surface area (Å²) in [5.74, 6) is 0.647. The number of ether oxygens (including phenoxy) is 1. The van der Waals surface area contributed by atoms with Crippen molar-refractivity contribution in [1.82, 2.24) is 14.1 Å². The zero-order valence-corrected chi connectivity index (χ0v) is 12.9. The maximum absolute atomic E-state index is 9.20. The molecular weight excluding hydrogens is 274 g/mol. The molecule has 0 aromatic carbocycles. The van der Waals surface area contributed by atoms with E-state index in [0.717, 1.165) is 37.9 Å². The summed E-state index contributed by atoms with van der Waals surface area (Å²) in [4.78, 5) is 0. The predicted molar refractivity (Wildman–Crippen MR) is 81.0 cm³/mol. The van der Waals surface area contributed by atoms with E-state index < -0.39 is 0 Å². The summed E-state index contributed by atoms with van der Waals surface area (Å²) in [6.45, 7) is 5.59. The molecule has 0 bridgehead atoms. The van der Waals surface area contributed by atoms with Gasteiger partial charge < -0.3 is 15.2 Å². The number of rotatable bonds is 7. The number of hydrogen-bond acceptors (Lipinski definition) is 6. The van der Waals surface area contributed by atoms with Crippen LogP contribution in [0.4, 0.5) is 0 Å². The van der Waals surface area contributed by atoms with Gasteiger partial charge in [-0.3, -0.25) is 0 Å². The normalized spacial score (nSPS) is 20.6. The van der Waals surface area contributed by atoms with Gasteiger partial charge in [-0.05, 0) is 51.6 Å². The minimum absolute atomic E-state index is 0.231. The number of aliphatic hydroxyl groups is 1. The molecule has 2 N–H and O–H groups in total. The van der Waals surface area contributed by atoms with Crippen LogP contribution in [-0.2, 0) is 0 Å². The Labute approximate surface area is 124 Å². The first-order chi connectivity index (χ1) is 9.68. The quantitative estimate of drug-likeness (QED) is 0.756. The van der Waals surface area contributed by atoms with E-state index in [1.54, 1.807) is 0 Å². The third-order valence-electron chi connectivity index (χ3n) is 3.41. The van der Waals surface area contributed by atoms with Crippen molar-refractivity contribution in [3.63, 3.8) is 0 Å². The molecule has 0 amide bonds. The summed E-state index contributed by atoms with van der Waals surface area (Å²) in [7, 11) is 0. The van der Waals surface area contributed by atoms with Gasteiger partial charge in [0.25, 0.3) is 5.88 Å². The van der Waals surface area contributed by atoms with E-state index >= 15 is 0 Å². The van der Waals surface area contributed by atoms with Crippen molar-refractivity contribution in [2.45, 2.75) is 51.7 Å². The minimum Gasteiger partial charge on any atom is -0.475 e. The van der Waals surface area contributed by atoms with E-state index in [1.165, 1.54) is 17.3 Å². The molecule has 20 heavy (non-hydrogen) atoms. The Bertz CT molecular complexity index is 445. The van der Waals surface area contributed by atoms with Gasteiger partial charge in [0.05, 0.1) is 24.4 Å². The molecule has 0 spiro atoms. The molecule has 5 nitrogen and oxygen atoms in total. The van der Waals surface area contributed by atoms with E-state index in [9.17, 15) is 5.11 Å². The monoisotopic (exact) mass is 297 g/mol. The minimum atomic E-state index is -0.231. The molecule has 0 saturated carbocycles. The molecule has 2 heterocycles. The van der Waals surface area contributed by atoms with Gasteiger partial charge in [-0.2, -0.15) is 4.37 Å². The number of hydrogen-bond donors (Lipinski definition) is 2. The van der Waals surface area contributed by atoms with Crippen LogP contribution in [0.15, 0.2) is 6.08 Å². The average molecular weight is 297 g/mol. The Morgan fingerprint density at radius 3 is 3.10 bits per heavy atom. The summed E-state index contributed by atoms with van der Waals surface area (Å²) in [5, 5.41) is 12.6. The molecule has 1 aliphatic rings. The zero-order valence-electron chi connectivity index (χ0n) is 12.1. The summed E-state index contributed by atoms with van der Waals surface area (Å²) in [5.41, 5.74) is 2.06. The summed E-state index contributed by atoms with van der Waals surface area (Å²) in [6, 6.07) is 0.297. The van der Waals surface area contributed by atoms with E-state index in [-0.39, 0.29) is 6.10 Å². The largest absolute Gasteiger partial charge is 0.475 e. The number of nitrogens with one attached hydrogen (secondary N) is 1. The second kappa shape index (κ2) is 7.71. The van der Waals surface area contributed by atoms with Crippen LogP contribution < -0.4 is 10.1 Å². The van der Waals surface area contributed by atoms with E-state index in [1.807, 2.05) is 6.92 Å². The fraction of sp³-hybridized carbons (Fsp3) is 0.714. The molecule has 0 aliphatic carbocycles. The fourth-order valence-corrected chi connectivity index (χ4v) is 2.80. The molecule has 1 aromatic rings. The molecule has 0 fully saturated rings. The van der Waals surface area contributed by atoms with Crippen LogP contribution in [0, 0.1) is 0 Å². The third-order valence-corrected chi connectivity index (χ3v) is 3.92. The molecule has 1 aliphatic heterocycles. The fourth-order valence-electron chi connectivity index (χ4n) is 2.28. The van der Waals surface area contributed by atoms with Crippen molar-refractivity contribution >= 4 is 17.3 Å². The molecule has 0 saturated heterocycles. The lowest BCUT2D eigenvalue weighted by Crippen LogP contribution is -2.31. The van der Waals surface area contributed by atoms with Gasteiger partial charge in [-0.1, -0.05) is 6.08 Å². The highest BCUT2D eigenvalue weighted by molar-refractivity contribution is 6.99. The predicted octanol–water partition coefficient (Wildman–Crippen LogP) is 2.23. The van der Waals surface area contributed by atoms with Crippen molar-refractivity contribution in [2.75, 3.05) is 13.2 Å². The van der Waals surface area contributed by atoms with Gasteiger partial charge in [-0.15, -0.1) is 4.37 Å². The van der Waals surface area contributed by atoms with Crippen LogP contribution in [-0.4, -0.2) is 39.2 Å². The lowest BCUT2D eigenvalue weighted by molar-refractivity contribution is 0.176. The second-order valence-electron chi connectivity index (χ2n) is 5.24. The molecule has 0 radical (unpaired) electrons. The smallest absolute Gasteiger partial charge is 0.253 e. The third kappa shape index (κ3) is 4.26. The zero-order chi connectivity index (χ0) is 14.4. The first-order valence-electron chi connectivity index (χ1n) is 7.25. The summed E-state index contributed by atoms with van der Waals surface area (Å²) >= 11 is 1.20. The Kier molecular flexibility index (Phi) is 5.94. The van der Waals surface area contributed by atoms with Gasteiger partial charge in [0.2, 0.25) is 0 Å². The number of nitrogens with zero attached hydrogens (tertiary/aromatic N) is 2. The number of aromatic nitrogens is 2. The van der Waals surface area contributed by atoms with Crippen LogP contribution in [0.5, 0.6) is 5.88 Å². The second-order valence-corrected chi connectivity index (χ2v) is 5.76. The first-order valence-corrected chi connectivity index (χ1v) is 7.98. The van der Waals surface area contributed by atoms with Crippen molar-refractivity contribution in [3.05, 3.63) is 11.8 Å². The topological polar surface area (TPSA) is 67.3 Å². The maximum atomic E-state index is 9.20. The Balaban J connectivity index is 1.87. The molecule has 1 aromatic heterocycles. The highest BCUT2D eigenvalue weighted by atomic mass is 32.1. The molecule has 2 rings (SSSR count). The highest BCUT2D eigenvalue weighted by Crippen LogP contribution is 2.28. The van der Waals surface area contributed by atoms with Crippen molar-refractivity contribution in [1.29, 1.82) is 0 Å². The maximum Gasteiger partial charge on any atom is 0.253 e. The number of aliphatic hydroxyl groups excluding tert-OH is 1. The molecular formula is C14H23N3O2S. The Hall–Kier alpha value is -0.980. The first kappa shape index (κ1) is 15.4. The van der Waals surface area contributed by atoms with E-state index in [0.29, 0.717) is 18.5 Å². The van der Waals surface area contributed by atoms with Crippen LogP contribution in [0.25, 0.3) is 5.57 Å². The van der Waals surface area contributed by atoms with Gasteiger partial charge >= 0.3 is 0 Å². The van der Waals surface area contributed by atoms with Gasteiger partial charge in [-0.25, -0.2) is 0 Å². The standard InChI is InChI=1S/C14H23N3O2S/c1-10(18)6-3-4-9-19-14-13(16-20-17-14)12-7-5-8-15-11(12)2/h7,10-11,15,18H,3-6,8-9H2,1-2H3. The molecule has 6 heteroatoms. The summed E-state index contributed by atoms with van der Waals surface area (Å²) < 4.78 is 14.4. The van der Waals surface area contributed by atoms with Gasteiger partial charge in [0.15, 0.2) is 0 Å². The lowest BCUT2D eigenvalue weighted by atomic mass is 10.0. The molecule has 2 atom stereocenters. The molecule has 2 unspecified atom stereocenters. The van der Waals surface area contributed by atoms with Crippen LogP contribution in [0.3, 0.4) is 0 Å². The Morgan fingerprint density at radius 2 is 2.35 bits per heavy atom. The van der Waals surface area contributed by atoms with Gasteiger partial charge in [0, 0.05) is 6.04 Å². The Morgan fingerprint density at radius 1 is 1.50 bits per heavy atom. The summed E-state index contributed by atoms with van der Waals surface area (Å²) in [6.07, 6.45) is 5.71. The number of unbranched alkanes of at least 4 members (excludes halogenated alkanes) is 1. The van der Waals surface area contributed by atoms with E-state index in [2.05, 4.69) is 27.1 Å². The SMILES string of the molecule is CC(O)CCCCOc1nsnc1C1=CCCNC1C. The van der Waals surface area contributed by atoms with Crippen LogP contribution in [0.1, 0.15) is 45.2 Å². The van der Waals surface area contributed by atoms with E-state index in [4.69, 9.17) is 4.74 Å². The highest BCUT2D eigenvalue weighted by Gasteiger charge is 2.21. The average Bonchev–Trinajstić information content (AvgIpc) is 2.87.